The zero-order valence-electron chi connectivity index (χ0n) is 45.7. The third-order valence-electron chi connectivity index (χ3n) is 13.4. The van der Waals surface area contributed by atoms with Gasteiger partial charge in [0.2, 0.25) is 5.75 Å². The van der Waals surface area contributed by atoms with Gasteiger partial charge in [-0.2, -0.15) is 0 Å². The number of carbonyl (C=O) groups is 2. The highest BCUT2D eigenvalue weighted by Crippen LogP contribution is 2.40. The number of carbonyl (C=O) groups excluding carboxylic acids is 2. The molecule has 0 fully saturated rings. The Hall–Kier alpha value is -5.24. The monoisotopic (exact) mass is 1000 g/mol. The molecular formula is C65H94O8. The molecule has 0 bridgehead atoms. The maximum atomic E-state index is 14.0. The van der Waals surface area contributed by atoms with Crippen LogP contribution in [0.5, 0.6) is 34.5 Å². The second-order valence-electron chi connectivity index (χ2n) is 19.8. The summed E-state index contributed by atoms with van der Waals surface area (Å²) < 4.78 is 36.8. The summed E-state index contributed by atoms with van der Waals surface area (Å²) in [6.07, 6.45) is 39.0. The lowest BCUT2D eigenvalue weighted by atomic mass is 10.1. The van der Waals surface area contributed by atoms with E-state index in [4.69, 9.17) is 28.4 Å². The van der Waals surface area contributed by atoms with E-state index >= 15 is 0 Å². The van der Waals surface area contributed by atoms with Gasteiger partial charge in [0.05, 0.1) is 30.9 Å². The molecule has 4 aromatic rings. The molecule has 0 saturated carbocycles. The van der Waals surface area contributed by atoms with Crippen LogP contribution >= 0.6 is 0 Å². The van der Waals surface area contributed by atoms with Crippen LogP contribution in [-0.4, -0.2) is 38.4 Å². The molecular weight excluding hydrogens is 909 g/mol. The van der Waals surface area contributed by atoms with Crippen molar-refractivity contribution < 1.29 is 38.0 Å². The summed E-state index contributed by atoms with van der Waals surface area (Å²) >= 11 is 0. The van der Waals surface area contributed by atoms with Crippen molar-refractivity contribution in [2.24, 2.45) is 0 Å². The molecule has 0 atom stereocenters. The van der Waals surface area contributed by atoms with Gasteiger partial charge in [0, 0.05) is 0 Å². The van der Waals surface area contributed by atoms with Crippen molar-refractivity contribution in [3.63, 3.8) is 0 Å². The average Bonchev–Trinajstić information content (AvgIpc) is 3.41. The first-order valence-corrected chi connectivity index (χ1v) is 29.0. The van der Waals surface area contributed by atoms with Crippen LogP contribution in [0.2, 0.25) is 0 Å². The van der Waals surface area contributed by atoms with Gasteiger partial charge in [0.1, 0.15) is 23.9 Å². The van der Waals surface area contributed by atoms with Crippen molar-refractivity contribution in [2.75, 3.05) is 26.4 Å². The van der Waals surface area contributed by atoms with E-state index in [1.165, 1.54) is 154 Å². The van der Waals surface area contributed by atoms with Crippen molar-refractivity contribution in [3.05, 3.63) is 109 Å². The number of hydrogen-bond donors (Lipinski definition) is 0. The Balaban J connectivity index is 1.42. The van der Waals surface area contributed by atoms with Crippen molar-refractivity contribution in [1.82, 2.24) is 0 Å². The summed E-state index contributed by atoms with van der Waals surface area (Å²) in [5.74, 6) is 2.20. The van der Waals surface area contributed by atoms with E-state index in [0.29, 0.717) is 72.1 Å². The van der Waals surface area contributed by atoms with E-state index in [1.54, 1.807) is 66.7 Å². The van der Waals surface area contributed by atoms with Crippen LogP contribution in [0.3, 0.4) is 0 Å². The maximum absolute atomic E-state index is 14.0. The fourth-order valence-electron chi connectivity index (χ4n) is 8.96. The van der Waals surface area contributed by atoms with E-state index in [9.17, 15) is 9.59 Å². The third-order valence-corrected chi connectivity index (χ3v) is 13.4. The lowest BCUT2D eigenvalue weighted by Crippen LogP contribution is -2.12. The highest BCUT2D eigenvalue weighted by Gasteiger charge is 2.21. The topological polar surface area (TPSA) is 89.5 Å². The summed E-state index contributed by atoms with van der Waals surface area (Å²) in [5.41, 5.74) is 2.61. The molecule has 0 aliphatic rings. The number of ether oxygens (including phenoxy) is 6. The first-order chi connectivity index (χ1) is 35.9. The van der Waals surface area contributed by atoms with E-state index in [2.05, 4.69) is 27.4 Å². The molecule has 0 unspecified atom stereocenters. The molecule has 4 aromatic carbocycles. The van der Waals surface area contributed by atoms with Crippen LogP contribution in [0.15, 0.2) is 97.6 Å². The van der Waals surface area contributed by atoms with Gasteiger partial charge in [-0.25, -0.2) is 9.59 Å². The molecule has 0 heterocycles. The van der Waals surface area contributed by atoms with Crippen LogP contribution in [0.25, 0.3) is 11.1 Å². The SMILES string of the molecule is C=CCOc1ccc(C(=O)Oc2ccc(-c3ccc(OC(=O)c4cc(OCCCCCCCCCCCC)c(OCCCCCCCCCCCC)c(OCCCCCCCCCCCC)c4)cc3)cc2)cc1. The van der Waals surface area contributed by atoms with Crippen LogP contribution in [0.4, 0.5) is 0 Å². The van der Waals surface area contributed by atoms with E-state index in [1.807, 2.05) is 24.3 Å². The first-order valence-electron chi connectivity index (χ1n) is 29.0. The van der Waals surface area contributed by atoms with Crippen molar-refractivity contribution in [3.8, 4) is 45.6 Å². The van der Waals surface area contributed by atoms with Crippen molar-refractivity contribution in [1.29, 1.82) is 0 Å². The minimum Gasteiger partial charge on any atom is -0.490 e. The van der Waals surface area contributed by atoms with Gasteiger partial charge in [0.15, 0.2) is 11.5 Å². The molecule has 8 nitrogen and oxygen atoms in total. The predicted octanol–water partition coefficient (Wildman–Crippen LogP) is 19.3. The maximum Gasteiger partial charge on any atom is 0.343 e. The van der Waals surface area contributed by atoms with Gasteiger partial charge < -0.3 is 28.4 Å². The highest BCUT2D eigenvalue weighted by atomic mass is 16.5. The summed E-state index contributed by atoms with van der Waals surface area (Å²) in [6, 6.07) is 25.1. The molecule has 0 amide bonds. The number of unbranched alkanes of at least 4 members (excludes halogenated alkanes) is 27. The number of benzene rings is 4. The van der Waals surface area contributed by atoms with Gasteiger partial charge in [0.25, 0.3) is 0 Å². The Morgan fingerprint density at radius 3 is 1.04 bits per heavy atom. The molecule has 0 aliphatic carbocycles. The molecule has 402 valence electrons. The average molecular weight is 1000 g/mol. The normalized spacial score (nSPS) is 11.1. The molecule has 0 N–H and O–H groups in total. The Morgan fingerprint density at radius 1 is 0.370 bits per heavy atom. The van der Waals surface area contributed by atoms with Gasteiger partial charge >= 0.3 is 11.9 Å². The number of rotatable bonds is 44. The second-order valence-corrected chi connectivity index (χ2v) is 19.8. The zero-order valence-corrected chi connectivity index (χ0v) is 45.7. The molecule has 0 radical (unpaired) electrons. The lowest BCUT2D eigenvalue weighted by Gasteiger charge is -2.19. The lowest BCUT2D eigenvalue weighted by molar-refractivity contribution is 0.0724. The second kappa shape index (κ2) is 39.3. The Bertz CT molecular complexity index is 1990. The standard InChI is InChI=1S/C65H94O8/c1-5-9-12-15-18-21-24-27-30-33-49-69-61-52-57(53-62(70-50-34-31-28-25-22-19-16-13-10-6-2)63(61)71-51-35-32-29-26-23-20-17-14-11-7-3)65(67)73-60-46-38-55(39-47-60)54-36-44-59(45-37-54)72-64(66)56-40-42-58(43-41-56)68-48-8-4/h8,36-47,52-53H,4-7,9-35,48-51H2,1-3H3. The van der Waals surface area contributed by atoms with E-state index in [-0.39, 0.29) is 0 Å². The number of esters is 2. The van der Waals surface area contributed by atoms with Crippen LogP contribution < -0.4 is 28.4 Å². The smallest absolute Gasteiger partial charge is 0.343 e. The Morgan fingerprint density at radius 2 is 0.685 bits per heavy atom. The Kier molecular flexibility index (Phi) is 32.4. The summed E-state index contributed by atoms with van der Waals surface area (Å²) in [4.78, 5) is 26.8. The van der Waals surface area contributed by atoms with Gasteiger partial charge in [-0.05, 0) is 91.1 Å². The van der Waals surface area contributed by atoms with E-state index in [0.717, 1.165) is 49.7 Å². The van der Waals surface area contributed by atoms with Crippen molar-refractivity contribution in [2.45, 2.75) is 213 Å². The fraction of sp³-hybridized carbons (Fsp3) is 0.569. The molecule has 4 rings (SSSR count). The predicted molar refractivity (Wildman–Crippen MR) is 302 cm³/mol. The molecule has 0 saturated heterocycles. The van der Waals surface area contributed by atoms with Gasteiger partial charge in [-0.3, -0.25) is 0 Å². The minimum absolute atomic E-state index is 0.355. The van der Waals surface area contributed by atoms with Gasteiger partial charge in [-0.1, -0.05) is 231 Å². The third kappa shape index (κ3) is 26.0. The van der Waals surface area contributed by atoms with E-state index < -0.39 is 11.9 Å². The first kappa shape index (κ1) is 60.3. The van der Waals surface area contributed by atoms with Crippen molar-refractivity contribution >= 4 is 11.9 Å². The number of hydrogen-bond acceptors (Lipinski definition) is 8. The fourth-order valence-corrected chi connectivity index (χ4v) is 8.96. The highest BCUT2D eigenvalue weighted by molar-refractivity contribution is 5.93. The summed E-state index contributed by atoms with van der Waals surface area (Å²) in [7, 11) is 0. The molecule has 8 heteroatoms. The Labute approximate surface area is 442 Å². The van der Waals surface area contributed by atoms with Crippen LogP contribution in [-0.2, 0) is 0 Å². The molecule has 0 spiro atoms. The minimum atomic E-state index is -0.494. The van der Waals surface area contributed by atoms with Crippen LogP contribution in [0, 0.1) is 0 Å². The molecule has 0 aliphatic heterocycles. The molecule has 73 heavy (non-hydrogen) atoms. The van der Waals surface area contributed by atoms with Crippen LogP contribution in [0.1, 0.15) is 234 Å². The summed E-state index contributed by atoms with van der Waals surface area (Å²) in [5, 5.41) is 0. The zero-order chi connectivity index (χ0) is 51.8. The quantitative estimate of drug-likeness (QED) is 0.0187. The summed E-state index contributed by atoms with van der Waals surface area (Å²) in [6.45, 7) is 12.5. The van der Waals surface area contributed by atoms with Gasteiger partial charge in [-0.15, -0.1) is 0 Å². The largest absolute Gasteiger partial charge is 0.490 e. The molecule has 0 aromatic heterocycles.